The number of aromatic nitrogens is 2. The lowest BCUT2D eigenvalue weighted by Gasteiger charge is -2.35. The first-order valence-corrected chi connectivity index (χ1v) is 14.4. The maximum atomic E-state index is 13.4. The normalized spacial score (nSPS) is 14.0. The number of amides is 1. The molecule has 0 N–H and O–H groups in total. The van der Waals surface area contributed by atoms with Crippen LogP contribution in [-0.2, 0) is 17.8 Å². The van der Waals surface area contributed by atoms with Gasteiger partial charge in [-0.1, -0.05) is 84.9 Å². The molecule has 0 radical (unpaired) electrons. The van der Waals surface area contributed by atoms with E-state index in [2.05, 4.69) is 62.7 Å². The maximum absolute atomic E-state index is 13.4. The summed E-state index contributed by atoms with van der Waals surface area (Å²) in [6.45, 7) is 4.96. The van der Waals surface area contributed by atoms with Gasteiger partial charge in [0.25, 0.3) is 0 Å². The van der Waals surface area contributed by atoms with Crippen LogP contribution in [0.1, 0.15) is 22.5 Å². The molecule has 0 unspecified atom stereocenters. The van der Waals surface area contributed by atoms with Crippen LogP contribution in [0.4, 0.5) is 5.13 Å². The van der Waals surface area contributed by atoms with E-state index in [1.165, 1.54) is 17.1 Å². The molecule has 0 atom stereocenters. The summed E-state index contributed by atoms with van der Waals surface area (Å²) in [6.07, 6.45) is 4.97. The quantitative estimate of drug-likeness (QED) is 0.261. The summed E-state index contributed by atoms with van der Waals surface area (Å²) in [5, 5.41) is 0.764. The van der Waals surface area contributed by atoms with Crippen molar-refractivity contribution in [2.45, 2.75) is 13.0 Å². The number of anilines is 1. The average molecular weight is 554 g/mol. The van der Waals surface area contributed by atoms with Gasteiger partial charge in [0.2, 0.25) is 11.0 Å². The van der Waals surface area contributed by atoms with Gasteiger partial charge in [-0.15, -0.1) is 0 Å². The molecule has 2 heterocycles. The molecule has 40 heavy (non-hydrogen) atoms. The number of rotatable bonds is 11. The zero-order valence-electron chi connectivity index (χ0n) is 22.9. The van der Waals surface area contributed by atoms with Gasteiger partial charge in [0.05, 0.1) is 13.7 Å². The summed E-state index contributed by atoms with van der Waals surface area (Å²) in [5.74, 6) is 1.69. The van der Waals surface area contributed by atoms with Crippen LogP contribution in [0.15, 0.2) is 91.0 Å². The van der Waals surface area contributed by atoms with Gasteiger partial charge in [-0.3, -0.25) is 9.69 Å². The molecule has 1 aliphatic heterocycles. The topological polar surface area (TPSA) is 61.8 Å². The molecule has 0 saturated carbocycles. The van der Waals surface area contributed by atoms with E-state index < -0.39 is 0 Å². The fourth-order valence-electron chi connectivity index (χ4n) is 4.75. The molecular formula is C32H35N5O2S. The number of carbonyl (C=O) groups is 1. The fraction of sp³-hybridized carbons (Fsp3) is 0.281. The first-order valence-electron chi connectivity index (χ1n) is 13.6. The van der Waals surface area contributed by atoms with E-state index in [4.69, 9.17) is 9.72 Å². The Labute approximate surface area is 240 Å². The van der Waals surface area contributed by atoms with Gasteiger partial charge < -0.3 is 14.5 Å². The lowest BCUT2D eigenvalue weighted by molar-refractivity contribution is -0.131. The summed E-state index contributed by atoms with van der Waals surface area (Å²) in [5.41, 5.74) is 3.43. The first-order chi connectivity index (χ1) is 19.7. The minimum atomic E-state index is 0.125. The molecule has 1 amide bonds. The molecule has 1 aliphatic rings. The number of nitrogens with zero attached hydrogens (tertiary/aromatic N) is 5. The fourth-order valence-corrected chi connectivity index (χ4v) is 5.43. The van der Waals surface area contributed by atoms with E-state index in [-0.39, 0.29) is 12.5 Å². The Balaban J connectivity index is 1.20. The zero-order valence-corrected chi connectivity index (χ0v) is 23.7. The van der Waals surface area contributed by atoms with Crippen molar-refractivity contribution in [3.05, 3.63) is 114 Å². The van der Waals surface area contributed by atoms with Gasteiger partial charge in [0.1, 0.15) is 11.6 Å². The number of hydrogen-bond acceptors (Lipinski definition) is 7. The van der Waals surface area contributed by atoms with Gasteiger partial charge in [-0.25, -0.2) is 4.98 Å². The van der Waals surface area contributed by atoms with Crippen LogP contribution >= 0.6 is 11.5 Å². The smallest absolute Gasteiger partial charge is 0.242 e. The number of benzene rings is 3. The van der Waals surface area contributed by atoms with Crippen molar-refractivity contribution in [3.63, 3.8) is 0 Å². The predicted octanol–water partition coefficient (Wildman–Crippen LogP) is 5.00. The monoisotopic (exact) mass is 553 g/mol. The predicted molar refractivity (Wildman–Crippen MR) is 162 cm³/mol. The molecule has 0 bridgehead atoms. The second kappa shape index (κ2) is 13.9. The van der Waals surface area contributed by atoms with E-state index >= 15 is 0 Å². The second-order valence-corrected chi connectivity index (χ2v) is 10.6. The van der Waals surface area contributed by atoms with E-state index in [1.807, 2.05) is 53.4 Å². The highest BCUT2D eigenvalue weighted by Gasteiger charge is 2.24. The summed E-state index contributed by atoms with van der Waals surface area (Å²) >= 11 is 1.35. The lowest BCUT2D eigenvalue weighted by Crippen LogP contribution is -2.51. The third kappa shape index (κ3) is 7.77. The molecule has 5 rings (SSSR count). The Morgan fingerprint density at radius 1 is 0.950 bits per heavy atom. The van der Waals surface area contributed by atoms with Crippen LogP contribution in [-0.4, -0.2) is 71.4 Å². The standard InChI is InChI=1S/C32H35N5O2S/c1-39-29-16-8-14-28(22-29)23-30-33-32(40-34-30)37(24-27-12-6-3-7-13-27)25-31(38)36-20-18-35(19-21-36)17-9-15-26-10-4-2-5-11-26/h2-16,22H,17-21,23-25H2,1H3. The number of ether oxygens (including phenoxy) is 1. The van der Waals surface area contributed by atoms with Gasteiger partial charge in [0, 0.05) is 57.2 Å². The van der Waals surface area contributed by atoms with Crippen molar-refractivity contribution in [2.75, 3.05) is 51.3 Å². The minimum absolute atomic E-state index is 0.125. The Kier molecular flexibility index (Phi) is 9.55. The highest BCUT2D eigenvalue weighted by Crippen LogP contribution is 2.23. The molecule has 1 fully saturated rings. The van der Waals surface area contributed by atoms with Crippen molar-refractivity contribution >= 4 is 28.6 Å². The van der Waals surface area contributed by atoms with Crippen LogP contribution < -0.4 is 9.64 Å². The van der Waals surface area contributed by atoms with Crippen molar-refractivity contribution in [1.82, 2.24) is 19.2 Å². The molecule has 8 heteroatoms. The number of hydrogen-bond donors (Lipinski definition) is 0. The third-order valence-corrected chi connectivity index (χ3v) is 7.78. The second-order valence-electron chi connectivity index (χ2n) is 9.86. The molecular weight excluding hydrogens is 518 g/mol. The highest BCUT2D eigenvalue weighted by molar-refractivity contribution is 7.09. The van der Waals surface area contributed by atoms with Crippen LogP contribution in [0.5, 0.6) is 5.75 Å². The summed E-state index contributed by atoms with van der Waals surface area (Å²) in [6, 6.07) is 28.5. The summed E-state index contributed by atoms with van der Waals surface area (Å²) in [7, 11) is 1.67. The molecule has 7 nitrogen and oxygen atoms in total. The van der Waals surface area contributed by atoms with Crippen LogP contribution in [0.25, 0.3) is 6.08 Å². The molecule has 1 aromatic heterocycles. The largest absolute Gasteiger partial charge is 0.497 e. The number of carbonyl (C=O) groups excluding carboxylic acids is 1. The number of methoxy groups -OCH3 is 1. The third-order valence-electron chi connectivity index (χ3n) is 6.97. The Morgan fingerprint density at radius 2 is 1.68 bits per heavy atom. The van der Waals surface area contributed by atoms with Crippen molar-refractivity contribution in [1.29, 1.82) is 0 Å². The van der Waals surface area contributed by atoms with Crippen LogP contribution in [0.3, 0.4) is 0 Å². The lowest BCUT2D eigenvalue weighted by atomic mass is 10.1. The van der Waals surface area contributed by atoms with Gasteiger partial charge >= 0.3 is 0 Å². The number of piperazine rings is 1. The van der Waals surface area contributed by atoms with Crippen LogP contribution in [0, 0.1) is 0 Å². The van der Waals surface area contributed by atoms with Gasteiger partial charge in [-0.2, -0.15) is 4.37 Å². The van der Waals surface area contributed by atoms with E-state index in [0.29, 0.717) is 13.0 Å². The summed E-state index contributed by atoms with van der Waals surface area (Å²) < 4.78 is 9.97. The molecule has 4 aromatic rings. The summed E-state index contributed by atoms with van der Waals surface area (Å²) in [4.78, 5) is 24.7. The molecule has 0 spiro atoms. The van der Waals surface area contributed by atoms with E-state index in [0.717, 1.165) is 60.6 Å². The SMILES string of the molecule is COc1cccc(Cc2nsc(N(CC(=O)N3CCN(CC=Cc4ccccc4)CC3)Cc3ccccc3)n2)c1. The Morgan fingerprint density at radius 3 is 2.42 bits per heavy atom. The molecule has 3 aromatic carbocycles. The van der Waals surface area contributed by atoms with E-state index in [9.17, 15) is 4.79 Å². The minimum Gasteiger partial charge on any atom is -0.497 e. The first kappa shape index (κ1) is 27.6. The zero-order chi connectivity index (χ0) is 27.6. The van der Waals surface area contributed by atoms with Crippen molar-refractivity contribution in [2.24, 2.45) is 0 Å². The van der Waals surface area contributed by atoms with Gasteiger partial charge in [0.15, 0.2) is 0 Å². The molecule has 1 saturated heterocycles. The van der Waals surface area contributed by atoms with Crippen molar-refractivity contribution < 1.29 is 9.53 Å². The average Bonchev–Trinajstić information content (AvgIpc) is 3.46. The highest BCUT2D eigenvalue weighted by atomic mass is 32.1. The van der Waals surface area contributed by atoms with Crippen LogP contribution in [0.2, 0.25) is 0 Å². The van der Waals surface area contributed by atoms with Gasteiger partial charge in [-0.05, 0) is 28.8 Å². The molecule has 0 aliphatic carbocycles. The van der Waals surface area contributed by atoms with E-state index in [1.54, 1.807) is 7.11 Å². The maximum Gasteiger partial charge on any atom is 0.242 e. The Hall–Kier alpha value is -4.01. The molecule has 206 valence electrons. The Bertz CT molecular complexity index is 1380. The van der Waals surface area contributed by atoms with Crippen molar-refractivity contribution in [3.8, 4) is 5.75 Å².